The van der Waals surface area contributed by atoms with Gasteiger partial charge >= 0.3 is 0 Å². The topological polar surface area (TPSA) is 73.4 Å². The van der Waals surface area contributed by atoms with Crippen molar-refractivity contribution in [3.63, 3.8) is 0 Å². The molecular formula is C14H23BrN4O2. The molecule has 1 fully saturated rings. The normalized spacial score (nSPS) is 20.6. The van der Waals surface area contributed by atoms with Crippen molar-refractivity contribution in [2.24, 2.45) is 11.7 Å². The van der Waals surface area contributed by atoms with E-state index in [1.165, 1.54) is 4.68 Å². The molecule has 0 radical (unpaired) electrons. The number of piperidine rings is 1. The molecule has 1 aliphatic heterocycles. The average molecular weight is 359 g/mol. The zero-order chi connectivity index (χ0) is 15.4. The van der Waals surface area contributed by atoms with Crippen LogP contribution >= 0.6 is 15.9 Å². The van der Waals surface area contributed by atoms with Crippen LogP contribution in [0.3, 0.4) is 0 Å². The van der Waals surface area contributed by atoms with Crippen molar-refractivity contribution in [1.82, 2.24) is 9.78 Å². The molecule has 0 saturated carbocycles. The molecule has 118 valence electrons. The minimum atomic E-state index is -0.118. The van der Waals surface area contributed by atoms with E-state index in [2.05, 4.69) is 25.9 Å². The summed E-state index contributed by atoms with van der Waals surface area (Å²) in [7, 11) is 1.61. The molecule has 1 aromatic heterocycles. The monoisotopic (exact) mass is 358 g/mol. The van der Waals surface area contributed by atoms with Crippen molar-refractivity contribution < 1.29 is 4.74 Å². The number of hydrogen-bond acceptors (Lipinski definition) is 5. The number of ether oxygens (including phenoxy) is 1. The largest absolute Gasteiger partial charge is 0.383 e. The van der Waals surface area contributed by atoms with E-state index in [1.54, 1.807) is 13.3 Å². The number of aromatic nitrogens is 2. The maximum absolute atomic E-state index is 12.3. The summed E-state index contributed by atoms with van der Waals surface area (Å²) in [6.07, 6.45) is 3.99. The number of anilines is 1. The predicted molar refractivity (Wildman–Crippen MR) is 86.7 cm³/mol. The Bertz CT molecular complexity index is 532. The Labute approximate surface area is 133 Å². The van der Waals surface area contributed by atoms with Crippen LogP contribution in [0.15, 0.2) is 15.5 Å². The van der Waals surface area contributed by atoms with E-state index in [0.29, 0.717) is 23.5 Å². The van der Waals surface area contributed by atoms with Gasteiger partial charge in [0, 0.05) is 26.2 Å². The van der Waals surface area contributed by atoms with Crippen molar-refractivity contribution in [3.05, 3.63) is 21.0 Å². The lowest BCUT2D eigenvalue weighted by Gasteiger charge is -2.36. The molecule has 2 rings (SSSR count). The van der Waals surface area contributed by atoms with E-state index in [4.69, 9.17) is 10.5 Å². The molecule has 0 amide bonds. The maximum atomic E-state index is 12.3. The number of rotatable bonds is 5. The van der Waals surface area contributed by atoms with Crippen LogP contribution in [0.25, 0.3) is 0 Å². The van der Waals surface area contributed by atoms with Crippen molar-refractivity contribution in [3.8, 4) is 0 Å². The lowest BCUT2D eigenvalue weighted by Crippen LogP contribution is -2.43. The van der Waals surface area contributed by atoms with Gasteiger partial charge < -0.3 is 15.4 Å². The second-order valence-corrected chi connectivity index (χ2v) is 6.37. The number of hydrogen-bond donors (Lipinski definition) is 1. The third-order valence-electron chi connectivity index (χ3n) is 4.02. The van der Waals surface area contributed by atoms with E-state index in [9.17, 15) is 4.79 Å². The highest BCUT2D eigenvalue weighted by Gasteiger charge is 2.25. The van der Waals surface area contributed by atoms with Gasteiger partial charge in [0.25, 0.3) is 5.56 Å². The number of methoxy groups -OCH3 is 1. The highest BCUT2D eigenvalue weighted by molar-refractivity contribution is 9.10. The average Bonchev–Trinajstić information content (AvgIpc) is 2.49. The van der Waals surface area contributed by atoms with Crippen LogP contribution in [0.2, 0.25) is 0 Å². The van der Waals surface area contributed by atoms with Crippen molar-refractivity contribution in [2.45, 2.75) is 32.4 Å². The molecule has 21 heavy (non-hydrogen) atoms. The standard InChI is InChI=1S/C14H23BrN4O2/c1-10(16)11-4-3-5-18(9-11)12-8-17-19(6-7-21-2)14(20)13(12)15/h8,10-11H,3-7,9,16H2,1-2H3. The first-order chi connectivity index (χ1) is 10.0. The summed E-state index contributed by atoms with van der Waals surface area (Å²) in [6, 6.07) is 0.168. The van der Waals surface area contributed by atoms with Gasteiger partial charge in [0.15, 0.2) is 0 Å². The highest BCUT2D eigenvalue weighted by Crippen LogP contribution is 2.27. The van der Waals surface area contributed by atoms with E-state index in [-0.39, 0.29) is 11.6 Å². The van der Waals surface area contributed by atoms with Crippen LogP contribution in [0.1, 0.15) is 19.8 Å². The molecule has 1 aliphatic rings. The number of nitrogens with zero attached hydrogens (tertiary/aromatic N) is 3. The van der Waals surface area contributed by atoms with Crippen LogP contribution in [-0.2, 0) is 11.3 Å². The number of nitrogens with two attached hydrogens (primary N) is 1. The molecule has 0 bridgehead atoms. The molecule has 2 unspecified atom stereocenters. The number of halogens is 1. The highest BCUT2D eigenvalue weighted by atomic mass is 79.9. The summed E-state index contributed by atoms with van der Waals surface area (Å²) in [5.74, 6) is 0.460. The van der Waals surface area contributed by atoms with Crippen molar-refractivity contribution in [2.75, 3.05) is 31.7 Å². The molecule has 0 spiro atoms. The van der Waals surface area contributed by atoms with E-state index < -0.39 is 0 Å². The van der Waals surface area contributed by atoms with Crippen molar-refractivity contribution in [1.29, 1.82) is 0 Å². The van der Waals surface area contributed by atoms with Crippen LogP contribution < -0.4 is 16.2 Å². The Morgan fingerprint density at radius 3 is 3.05 bits per heavy atom. The first kappa shape index (κ1) is 16.5. The summed E-state index contributed by atoms with van der Waals surface area (Å²) in [5.41, 5.74) is 6.76. The minimum absolute atomic E-state index is 0.118. The smallest absolute Gasteiger partial charge is 0.283 e. The summed E-state index contributed by atoms with van der Waals surface area (Å²) >= 11 is 3.43. The van der Waals surface area contributed by atoms with Crippen LogP contribution in [0.5, 0.6) is 0 Å². The molecule has 0 aliphatic carbocycles. The fraction of sp³-hybridized carbons (Fsp3) is 0.714. The van der Waals surface area contributed by atoms with Crippen LogP contribution in [0, 0.1) is 5.92 Å². The second-order valence-electron chi connectivity index (χ2n) is 5.57. The van der Waals surface area contributed by atoms with Gasteiger partial charge in [0.2, 0.25) is 0 Å². The molecule has 0 aromatic carbocycles. The molecule has 7 heteroatoms. The maximum Gasteiger partial charge on any atom is 0.283 e. The van der Waals surface area contributed by atoms with Gasteiger partial charge in [-0.25, -0.2) is 4.68 Å². The quantitative estimate of drug-likeness (QED) is 0.856. The Morgan fingerprint density at radius 1 is 1.62 bits per heavy atom. The van der Waals surface area contributed by atoms with Gasteiger partial charge in [-0.3, -0.25) is 4.79 Å². The van der Waals surface area contributed by atoms with Gasteiger partial charge in [-0.2, -0.15) is 5.10 Å². The van der Waals surface area contributed by atoms with Crippen LogP contribution in [0.4, 0.5) is 5.69 Å². The van der Waals surface area contributed by atoms with E-state index in [1.807, 2.05) is 6.92 Å². The van der Waals surface area contributed by atoms with E-state index >= 15 is 0 Å². The molecule has 2 heterocycles. The van der Waals surface area contributed by atoms with Gasteiger partial charge in [-0.05, 0) is 41.6 Å². The van der Waals surface area contributed by atoms with E-state index in [0.717, 1.165) is 31.6 Å². The summed E-state index contributed by atoms with van der Waals surface area (Å²) in [6.45, 7) is 4.78. The SMILES string of the molecule is COCCn1ncc(N2CCCC(C(C)N)C2)c(Br)c1=O. The zero-order valence-corrected chi connectivity index (χ0v) is 14.2. The third kappa shape index (κ3) is 3.84. The lowest BCUT2D eigenvalue weighted by molar-refractivity contribution is 0.181. The molecule has 2 N–H and O–H groups in total. The van der Waals surface area contributed by atoms with Gasteiger partial charge in [-0.15, -0.1) is 0 Å². The first-order valence-corrected chi connectivity index (χ1v) is 8.09. The Balaban J connectivity index is 2.20. The van der Waals surface area contributed by atoms with Crippen LogP contribution in [-0.4, -0.2) is 42.6 Å². The van der Waals surface area contributed by atoms with Crippen molar-refractivity contribution >= 4 is 21.6 Å². The Hall–Kier alpha value is -0.920. The summed E-state index contributed by atoms with van der Waals surface area (Å²) in [5, 5.41) is 4.24. The summed E-state index contributed by atoms with van der Waals surface area (Å²) < 4.78 is 6.98. The molecule has 1 saturated heterocycles. The first-order valence-electron chi connectivity index (χ1n) is 7.29. The fourth-order valence-corrected chi connectivity index (χ4v) is 3.23. The second kappa shape index (κ2) is 7.38. The molecule has 6 nitrogen and oxygen atoms in total. The third-order valence-corrected chi connectivity index (χ3v) is 4.76. The molecule has 2 atom stereocenters. The van der Waals surface area contributed by atoms with Gasteiger partial charge in [0.05, 0.1) is 25.0 Å². The summed E-state index contributed by atoms with van der Waals surface area (Å²) in [4.78, 5) is 14.5. The lowest BCUT2D eigenvalue weighted by atomic mass is 9.92. The van der Waals surface area contributed by atoms with Gasteiger partial charge in [-0.1, -0.05) is 0 Å². The van der Waals surface area contributed by atoms with Gasteiger partial charge in [0.1, 0.15) is 4.47 Å². The predicted octanol–water partition coefficient (Wildman–Crippen LogP) is 1.22. The molecular weight excluding hydrogens is 336 g/mol. The Kier molecular flexibility index (Phi) is 5.78. The minimum Gasteiger partial charge on any atom is -0.383 e. The molecule has 1 aromatic rings. The Morgan fingerprint density at radius 2 is 2.38 bits per heavy atom. The zero-order valence-electron chi connectivity index (χ0n) is 12.6. The fourth-order valence-electron chi connectivity index (χ4n) is 2.67.